The Bertz CT molecular complexity index is 824. The quantitative estimate of drug-likeness (QED) is 0.597. The van der Waals surface area contributed by atoms with Crippen LogP contribution in [0.1, 0.15) is 36.2 Å². The van der Waals surface area contributed by atoms with Gasteiger partial charge in [-0.2, -0.15) is 0 Å². The van der Waals surface area contributed by atoms with Crippen LogP contribution in [-0.2, 0) is 4.79 Å². The predicted octanol–water partition coefficient (Wildman–Crippen LogP) is 4.02. The molecule has 2 rings (SSSR count). The SMILES string of the molecule is Cc1cccc(OCC(=O)NNC(=O)c2ccc(OCCC(C)C)c(Br)c2)c1. The second kappa shape index (κ2) is 10.7. The van der Waals surface area contributed by atoms with Gasteiger partial charge in [0, 0.05) is 5.56 Å². The number of carbonyl (C=O) groups is 2. The number of nitrogens with one attached hydrogen (secondary N) is 2. The number of benzene rings is 2. The number of hydrazine groups is 1. The normalized spacial score (nSPS) is 10.5. The highest BCUT2D eigenvalue weighted by Crippen LogP contribution is 2.26. The van der Waals surface area contributed by atoms with Gasteiger partial charge < -0.3 is 9.47 Å². The van der Waals surface area contributed by atoms with Crippen molar-refractivity contribution in [2.24, 2.45) is 5.92 Å². The lowest BCUT2D eigenvalue weighted by Crippen LogP contribution is -2.43. The Labute approximate surface area is 173 Å². The van der Waals surface area contributed by atoms with Crippen LogP contribution in [0.3, 0.4) is 0 Å². The maximum absolute atomic E-state index is 12.2. The number of hydrogen-bond donors (Lipinski definition) is 2. The molecule has 0 aliphatic heterocycles. The van der Waals surface area contributed by atoms with Gasteiger partial charge >= 0.3 is 0 Å². The van der Waals surface area contributed by atoms with Crippen LogP contribution in [0.4, 0.5) is 0 Å². The monoisotopic (exact) mass is 448 g/mol. The summed E-state index contributed by atoms with van der Waals surface area (Å²) in [7, 11) is 0. The van der Waals surface area contributed by atoms with Gasteiger partial charge in [0.1, 0.15) is 11.5 Å². The zero-order valence-electron chi connectivity index (χ0n) is 16.3. The van der Waals surface area contributed by atoms with Gasteiger partial charge in [0.2, 0.25) is 0 Å². The highest BCUT2D eigenvalue weighted by atomic mass is 79.9. The summed E-state index contributed by atoms with van der Waals surface area (Å²) in [5, 5.41) is 0. The van der Waals surface area contributed by atoms with Crippen molar-refractivity contribution in [1.82, 2.24) is 10.9 Å². The van der Waals surface area contributed by atoms with Crippen LogP contribution in [0.15, 0.2) is 46.9 Å². The lowest BCUT2D eigenvalue weighted by molar-refractivity contribution is -0.123. The van der Waals surface area contributed by atoms with Crippen LogP contribution in [0.2, 0.25) is 0 Å². The minimum atomic E-state index is -0.456. The summed E-state index contributed by atoms with van der Waals surface area (Å²) in [5.41, 5.74) is 6.13. The van der Waals surface area contributed by atoms with Gasteiger partial charge in [-0.05, 0) is 71.1 Å². The standard InChI is InChI=1S/C21H25BrN2O4/c1-14(2)9-10-27-19-8-7-16(12-18(19)22)21(26)24-23-20(25)13-28-17-6-4-5-15(3)11-17/h4-8,11-12,14H,9-10,13H2,1-3H3,(H,23,25)(H,24,26). The average molecular weight is 449 g/mol. The Hall–Kier alpha value is -2.54. The Morgan fingerprint density at radius 3 is 2.54 bits per heavy atom. The summed E-state index contributed by atoms with van der Waals surface area (Å²) in [6.45, 7) is 6.61. The molecule has 7 heteroatoms. The lowest BCUT2D eigenvalue weighted by Gasteiger charge is -2.12. The molecule has 0 radical (unpaired) electrons. The highest BCUT2D eigenvalue weighted by Gasteiger charge is 2.11. The van der Waals surface area contributed by atoms with Crippen molar-refractivity contribution < 1.29 is 19.1 Å². The van der Waals surface area contributed by atoms with Gasteiger partial charge in [-0.1, -0.05) is 26.0 Å². The molecule has 0 atom stereocenters. The molecular weight excluding hydrogens is 424 g/mol. The fourth-order valence-corrected chi connectivity index (χ4v) is 2.75. The predicted molar refractivity (Wildman–Crippen MR) is 111 cm³/mol. The molecule has 2 aromatic rings. The second-order valence-corrected chi connectivity index (χ2v) is 7.64. The van der Waals surface area contributed by atoms with E-state index >= 15 is 0 Å². The summed E-state index contributed by atoms with van der Waals surface area (Å²) in [4.78, 5) is 24.1. The van der Waals surface area contributed by atoms with E-state index in [2.05, 4.69) is 40.6 Å². The first-order valence-electron chi connectivity index (χ1n) is 9.06. The van der Waals surface area contributed by atoms with E-state index in [1.54, 1.807) is 24.3 Å². The van der Waals surface area contributed by atoms with Crippen molar-refractivity contribution in [2.45, 2.75) is 27.2 Å². The molecule has 2 aromatic carbocycles. The van der Waals surface area contributed by atoms with Crippen LogP contribution < -0.4 is 20.3 Å². The summed E-state index contributed by atoms with van der Waals surface area (Å²) in [6.07, 6.45) is 0.950. The topological polar surface area (TPSA) is 76.7 Å². The molecule has 0 aromatic heterocycles. The van der Waals surface area contributed by atoms with Gasteiger partial charge in [-0.25, -0.2) is 0 Å². The molecule has 6 nitrogen and oxygen atoms in total. The van der Waals surface area contributed by atoms with E-state index in [1.165, 1.54) is 0 Å². The zero-order chi connectivity index (χ0) is 20.5. The smallest absolute Gasteiger partial charge is 0.276 e. The van der Waals surface area contributed by atoms with Gasteiger partial charge in [-0.3, -0.25) is 20.4 Å². The Kier molecular flexibility index (Phi) is 8.32. The van der Waals surface area contributed by atoms with Crippen molar-refractivity contribution in [3.05, 3.63) is 58.1 Å². The third-order valence-corrected chi connectivity index (χ3v) is 4.44. The van der Waals surface area contributed by atoms with Crippen molar-refractivity contribution in [3.8, 4) is 11.5 Å². The Balaban J connectivity index is 1.80. The Morgan fingerprint density at radius 2 is 1.86 bits per heavy atom. The van der Waals surface area contributed by atoms with Crippen LogP contribution in [0.25, 0.3) is 0 Å². The van der Waals surface area contributed by atoms with Crippen LogP contribution in [0, 0.1) is 12.8 Å². The van der Waals surface area contributed by atoms with Crippen LogP contribution in [0.5, 0.6) is 11.5 Å². The molecule has 2 amide bonds. The fraction of sp³-hybridized carbons (Fsp3) is 0.333. The van der Waals surface area contributed by atoms with Crippen LogP contribution >= 0.6 is 15.9 Å². The summed E-state index contributed by atoms with van der Waals surface area (Å²) in [6, 6.07) is 12.4. The summed E-state index contributed by atoms with van der Waals surface area (Å²) >= 11 is 3.41. The molecular formula is C21H25BrN2O4. The van der Waals surface area contributed by atoms with E-state index in [-0.39, 0.29) is 6.61 Å². The molecule has 2 N–H and O–H groups in total. The number of rotatable bonds is 8. The molecule has 150 valence electrons. The van der Waals surface area contributed by atoms with Gasteiger partial charge in [0.15, 0.2) is 6.61 Å². The minimum Gasteiger partial charge on any atom is -0.492 e. The summed E-state index contributed by atoms with van der Waals surface area (Å²) in [5.74, 6) is 0.939. The molecule has 0 aliphatic rings. The molecule has 0 unspecified atom stereocenters. The first kappa shape index (κ1) is 21.8. The van der Waals surface area contributed by atoms with E-state index in [4.69, 9.17) is 9.47 Å². The van der Waals surface area contributed by atoms with Crippen molar-refractivity contribution >= 4 is 27.7 Å². The third-order valence-electron chi connectivity index (χ3n) is 3.82. The van der Waals surface area contributed by atoms with Crippen molar-refractivity contribution in [2.75, 3.05) is 13.2 Å². The minimum absolute atomic E-state index is 0.198. The largest absolute Gasteiger partial charge is 0.492 e. The number of hydrogen-bond acceptors (Lipinski definition) is 4. The molecule has 0 spiro atoms. The van der Waals surface area contributed by atoms with E-state index in [0.717, 1.165) is 12.0 Å². The van der Waals surface area contributed by atoms with Crippen molar-refractivity contribution in [1.29, 1.82) is 0 Å². The first-order chi connectivity index (χ1) is 13.3. The average Bonchev–Trinajstić information content (AvgIpc) is 2.65. The molecule has 0 saturated heterocycles. The molecule has 0 bridgehead atoms. The number of amides is 2. The van der Waals surface area contributed by atoms with E-state index in [0.29, 0.717) is 34.1 Å². The number of carbonyl (C=O) groups excluding carboxylic acids is 2. The van der Waals surface area contributed by atoms with E-state index < -0.39 is 11.8 Å². The molecule has 0 saturated carbocycles. The number of halogens is 1. The van der Waals surface area contributed by atoms with Crippen LogP contribution in [-0.4, -0.2) is 25.0 Å². The fourth-order valence-electron chi connectivity index (χ4n) is 2.25. The maximum Gasteiger partial charge on any atom is 0.276 e. The Morgan fingerprint density at radius 1 is 1.07 bits per heavy atom. The molecule has 0 fully saturated rings. The molecule has 0 aliphatic carbocycles. The number of aryl methyl sites for hydroxylation is 1. The highest BCUT2D eigenvalue weighted by molar-refractivity contribution is 9.10. The molecule has 28 heavy (non-hydrogen) atoms. The third kappa shape index (κ3) is 7.23. The van der Waals surface area contributed by atoms with Gasteiger partial charge in [0.05, 0.1) is 11.1 Å². The second-order valence-electron chi connectivity index (χ2n) is 6.78. The lowest BCUT2D eigenvalue weighted by atomic mass is 10.1. The maximum atomic E-state index is 12.2. The summed E-state index contributed by atoms with van der Waals surface area (Å²) < 4.78 is 11.8. The van der Waals surface area contributed by atoms with Gasteiger partial charge in [-0.15, -0.1) is 0 Å². The van der Waals surface area contributed by atoms with E-state index in [9.17, 15) is 9.59 Å². The number of ether oxygens (including phenoxy) is 2. The van der Waals surface area contributed by atoms with E-state index in [1.807, 2.05) is 25.1 Å². The first-order valence-corrected chi connectivity index (χ1v) is 9.85. The molecule has 0 heterocycles. The van der Waals surface area contributed by atoms with Gasteiger partial charge in [0.25, 0.3) is 11.8 Å². The van der Waals surface area contributed by atoms with Crippen molar-refractivity contribution in [3.63, 3.8) is 0 Å². The zero-order valence-corrected chi connectivity index (χ0v) is 17.8.